The molecule has 19 heavy (non-hydrogen) atoms. The molecule has 1 aromatic carbocycles. The monoisotopic (exact) mass is 264 g/mol. The molecule has 1 aliphatic rings. The summed E-state index contributed by atoms with van der Waals surface area (Å²) < 4.78 is 11.1. The number of rotatable bonds is 4. The van der Waals surface area contributed by atoms with Crippen LogP contribution in [0.5, 0.6) is 5.75 Å². The minimum atomic E-state index is -0.679. The largest absolute Gasteiger partial charge is 0.496 e. The average Bonchev–Trinajstić information content (AvgIpc) is 2.39. The quantitative estimate of drug-likeness (QED) is 0.909. The van der Waals surface area contributed by atoms with Gasteiger partial charge >= 0.3 is 0 Å². The number of hydrogen-bond acceptors (Lipinski definition) is 3. The molecular weight excluding hydrogens is 240 g/mol. The molecule has 0 bridgehead atoms. The highest BCUT2D eigenvalue weighted by Gasteiger charge is 2.36. The lowest BCUT2D eigenvalue weighted by Gasteiger charge is -2.38. The van der Waals surface area contributed by atoms with Crippen LogP contribution in [0.4, 0.5) is 0 Å². The number of ether oxygens (including phenoxy) is 2. The number of methoxy groups -OCH3 is 1. The van der Waals surface area contributed by atoms with Crippen LogP contribution in [0.3, 0.4) is 0 Å². The van der Waals surface area contributed by atoms with Crippen LogP contribution in [0, 0.1) is 5.92 Å². The van der Waals surface area contributed by atoms with Gasteiger partial charge in [-0.2, -0.15) is 0 Å². The zero-order chi connectivity index (χ0) is 13.9. The Morgan fingerprint density at radius 3 is 2.84 bits per heavy atom. The second-order valence-electron chi connectivity index (χ2n) is 5.82. The third-order valence-corrected chi connectivity index (χ3v) is 3.94. The summed E-state index contributed by atoms with van der Waals surface area (Å²) in [7, 11) is 1.67. The lowest BCUT2D eigenvalue weighted by Crippen LogP contribution is -2.44. The Hall–Kier alpha value is -1.06. The Balaban J connectivity index is 2.12. The van der Waals surface area contributed by atoms with Gasteiger partial charge in [0.25, 0.3) is 0 Å². The predicted molar refractivity (Wildman–Crippen MR) is 75.5 cm³/mol. The van der Waals surface area contributed by atoms with Gasteiger partial charge in [0.1, 0.15) is 5.75 Å². The van der Waals surface area contributed by atoms with Gasteiger partial charge in [0, 0.05) is 19.4 Å². The van der Waals surface area contributed by atoms with Crippen molar-refractivity contribution >= 4 is 0 Å². The second-order valence-corrected chi connectivity index (χ2v) is 5.82. The van der Waals surface area contributed by atoms with Crippen LogP contribution in [0.15, 0.2) is 24.3 Å². The van der Waals surface area contributed by atoms with E-state index in [0.717, 1.165) is 11.3 Å². The molecule has 2 rings (SSSR count). The molecule has 1 fully saturated rings. The summed E-state index contributed by atoms with van der Waals surface area (Å²) in [6.07, 6.45) is 2.16. The maximum atomic E-state index is 10.8. The van der Waals surface area contributed by atoms with E-state index >= 15 is 0 Å². The van der Waals surface area contributed by atoms with Crippen molar-refractivity contribution in [2.24, 2.45) is 5.92 Å². The normalized spacial score (nSPS) is 27.5. The van der Waals surface area contributed by atoms with Crippen LogP contribution in [0.1, 0.15) is 32.3 Å². The van der Waals surface area contributed by atoms with Gasteiger partial charge in [0.05, 0.1) is 18.8 Å². The summed E-state index contributed by atoms with van der Waals surface area (Å²) in [5.74, 6) is 1.29. The Labute approximate surface area is 115 Å². The molecule has 3 nitrogen and oxygen atoms in total. The molecule has 1 aliphatic heterocycles. The molecule has 1 heterocycles. The van der Waals surface area contributed by atoms with Gasteiger partial charge in [-0.3, -0.25) is 0 Å². The minimum absolute atomic E-state index is 0.147. The number of benzene rings is 1. The molecule has 0 radical (unpaired) electrons. The first kappa shape index (κ1) is 14.4. The zero-order valence-corrected chi connectivity index (χ0v) is 12.1. The smallest absolute Gasteiger partial charge is 0.122 e. The molecule has 0 amide bonds. The van der Waals surface area contributed by atoms with Crippen molar-refractivity contribution in [1.82, 2.24) is 0 Å². The van der Waals surface area contributed by atoms with Crippen molar-refractivity contribution in [3.05, 3.63) is 29.8 Å². The van der Waals surface area contributed by atoms with E-state index in [9.17, 15) is 5.11 Å². The predicted octanol–water partition coefficient (Wildman–Crippen LogP) is 2.80. The molecule has 0 saturated carbocycles. The van der Waals surface area contributed by atoms with Crippen LogP contribution in [-0.2, 0) is 11.2 Å². The fourth-order valence-electron chi connectivity index (χ4n) is 2.73. The lowest BCUT2D eigenvalue weighted by atomic mass is 9.82. The fraction of sp³-hybridized carbons (Fsp3) is 0.625. The third kappa shape index (κ3) is 3.48. The van der Waals surface area contributed by atoms with Crippen LogP contribution < -0.4 is 4.74 Å². The van der Waals surface area contributed by atoms with Gasteiger partial charge in [0.2, 0.25) is 0 Å². The van der Waals surface area contributed by atoms with Gasteiger partial charge in [-0.25, -0.2) is 0 Å². The molecule has 2 unspecified atom stereocenters. The van der Waals surface area contributed by atoms with Gasteiger partial charge < -0.3 is 14.6 Å². The van der Waals surface area contributed by atoms with E-state index in [2.05, 4.69) is 13.8 Å². The molecule has 1 saturated heterocycles. The van der Waals surface area contributed by atoms with Gasteiger partial charge in [0.15, 0.2) is 0 Å². The van der Waals surface area contributed by atoms with E-state index < -0.39 is 5.60 Å². The minimum Gasteiger partial charge on any atom is -0.496 e. The summed E-state index contributed by atoms with van der Waals surface area (Å²) in [5, 5.41) is 10.8. The van der Waals surface area contributed by atoms with Crippen molar-refractivity contribution in [2.75, 3.05) is 13.7 Å². The van der Waals surface area contributed by atoms with E-state index in [1.165, 1.54) is 0 Å². The molecule has 1 N–H and O–H groups in total. The topological polar surface area (TPSA) is 38.7 Å². The summed E-state index contributed by atoms with van der Waals surface area (Å²) >= 11 is 0. The first-order valence-electron chi connectivity index (χ1n) is 7.00. The second kappa shape index (κ2) is 5.93. The third-order valence-electron chi connectivity index (χ3n) is 3.94. The zero-order valence-electron chi connectivity index (χ0n) is 12.1. The van der Waals surface area contributed by atoms with Gasteiger partial charge in [-0.15, -0.1) is 0 Å². The lowest BCUT2D eigenvalue weighted by molar-refractivity contribution is -0.116. The molecule has 0 spiro atoms. The molecule has 3 heteroatoms. The Morgan fingerprint density at radius 2 is 2.16 bits per heavy atom. The summed E-state index contributed by atoms with van der Waals surface area (Å²) in [6.45, 7) is 4.91. The highest BCUT2D eigenvalue weighted by molar-refractivity contribution is 5.34. The first-order valence-corrected chi connectivity index (χ1v) is 7.00. The van der Waals surface area contributed by atoms with Crippen molar-refractivity contribution in [1.29, 1.82) is 0 Å². The Kier molecular flexibility index (Phi) is 4.48. The summed E-state index contributed by atoms with van der Waals surface area (Å²) in [6, 6.07) is 7.91. The number of aliphatic hydroxyl groups is 1. The average molecular weight is 264 g/mol. The maximum Gasteiger partial charge on any atom is 0.122 e. The maximum absolute atomic E-state index is 10.8. The first-order chi connectivity index (χ1) is 9.04. The van der Waals surface area contributed by atoms with Crippen molar-refractivity contribution in [3.63, 3.8) is 0 Å². The number of para-hydroxylation sites is 1. The van der Waals surface area contributed by atoms with Gasteiger partial charge in [-0.1, -0.05) is 32.0 Å². The molecule has 106 valence electrons. The van der Waals surface area contributed by atoms with E-state index in [-0.39, 0.29) is 6.10 Å². The Morgan fingerprint density at radius 1 is 1.42 bits per heavy atom. The van der Waals surface area contributed by atoms with Crippen molar-refractivity contribution < 1.29 is 14.6 Å². The highest BCUT2D eigenvalue weighted by atomic mass is 16.5. The molecule has 0 aliphatic carbocycles. The van der Waals surface area contributed by atoms with E-state index in [0.29, 0.717) is 31.8 Å². The number of hydrogen-bond donors (Lipinski definition) is 1. The molecular formula is C16H24O3. The van der Waals surface area contributed by atoms with Crippen LogP contribution >= 0.6 is 0 Å². The van der Waals surface area contributed by atoms with E-state index in [1.54, 1.807) is 7.11 Å². The van der Waals surface area contributed by atoms with E-state index in [4.69, 9.17) is 9.47 Å². The molecule has 1 aromatic rings. The Bertz CT molecular complexity index is 416. The highest BCUT2D eigenvalue weighted by Crippen LogP contribution is 2.33. The van der Waals surface area contributed by atoms with Crippen LogP contribution in [0.2, 0.25) is 0 Å². The van der Waals surface area contributed by atoms with Gasteiger partial charge in [-0.05, 0) is 24.0 Å². The summed E-state index contributed by atoms with van der Waals surface area (Å²) in [5.41, 5.74) is 0.388. The standard InChI is InChI=1S/C16H24O3/c1-12(2)15-11-16(17,8-9-19-15)10-13-6-4-5-7-14(13)18-3/h4-7,12,15,17H,8-11H2,1-3H3. The van der Waals surface area contributed by atoms with Crippen molar-refractivity contribution in [3.8, 4) is 5.75 Å². The van der Waals surface area contributed by atoms with Crippen molar-refractivity contribution in [2.45, 2.75) is 44.8 Å². The fourth-order valence-corrected chi connectivity index (χ4v) is 2.73. The molecule has 0 aromatic heterocycles. The molecule has 2 atom stereocenters. The van der Waals surface area contributed by atoms with Crippen LogP contribution in [-0.4, -0.2) is 30.5 Å². The SMILES string of the molecule is COc1ccccc1CC1(O)CCOC(C(C)C)C1. The van der Waals surface area contributed by atoms with E-state index in [1.807, 2.05) is 24.3 Å². The van der Waals surface area contributed by atoms with Crippen LogP contribution in [0.25, 0.3) is 0 Å². The summed E-state index contributed by atoms with van der Waals surface area (Å²) in [4.78, 5) is 0.